The first kappa shape index (κ1) is 23.6. The van der Waals surface area contributed by atoms with E-state index in [1.165, 1.54) is 9.80 Å². The van der Waals surface area contributed by atoms with E-state index in [1.54, 1.807) is 36.4 Å². The number of amides is 6. The van der Waals surface area contributed by atoms with Gasteiger partial charge in [-0.25, -0.2) is 0 Å². The average Bonchev–Trinajstić information content (AvgIpc) is 3.40. The second-order valence-corrected chi connectivity index (χ2v) is 9.61. The van der Waals surface area contributed by atoms with E-state index in [4.69, 9.17) is 0 Å². The minimum absolute atomic E-state index is 0.157. The Kier molecular flexibility index (Phi) is 5.59. The van der Waals surface area contributed by atoms with E-state index in [9.17, 15) is 28.8 Å². The molecule has 4 aliphatic rings. The number of rotatable bonds is 4. The topological polar surface area (TPSA) is 158 Å². The minimum atomic E-state index is -0.737. The maximum atomic E-state index is 13.1. The molecular formula is C26H22N6O6. The predicted molar refractivity (Wildman–Crippen MR) is 129 cm³/mol. The molecule has 0 saturated carbocycles. The quantitative estimate of drug-likeness (QED) is 0.466. The molecule has 0 aromatic heterocycles. The molecule has 2 fully saturated rings. The Morgan fingerprint density at radius 1 is 0.632 bits per heavy atom. The van der Waals surface area contributed by atoms with Gasteiger partial charge in [-0.05, 0) is 37.1 Å². The molecule has 12 nitrogen and oxygen atoms in total. The van der Waals surface area contributed by atoms with Crippen molar-refractivity contribution in [3.8, 4) is 0 Å². The summed E-state index contributed by atoms with van der Waals surface area (Å²) in [5.74, 6) is -2.30. The zero-order chi connectivity index (χ0) is 26.6. The predicted octanol–water partition coefficient (Wildman–Crippen LogP) is 1.62. The van der Waals surface area contributed by atoms with Crippen molar-refractivity contribution in [1.29, 1.82) is 0 Å². The first-order chi connectivity index (χ1) is 18.3. The lowest BCUT2D eigenvalue weighted by Gasteiger charge is -2.29. The van der Waals surface area contributed by atoms with Crippen LogP contribution < -0.4 is 10.6 Å². The average molecular weight is 514 g/mol. The van der Waals surface area contributed by atoms with Crippen LogP contribution in [-0.2, 0) is 32.3 Å². The number of hydrogen-bond acceptors (Lipinski definition) is 8. The molecular weight excluding hydrogens is 492 g/mol. The molecule has 6 amide bonds. The van der Waals surface area contributed by atoms with Crippen LogP contribution in [0.4, 0.5) is 11.4 Å². The maximum absolute atomic E-state index is 13.1. The highest BCUT2D eigenvalue weighted by Gasteiger charge is 2.41. The second-order valence-electron chi connectivity index (χ2n) is 9.61. The number of hydrogen-bond donors (Lipinski definition) is 2. The van der Waals surface area contributed by atoms with Crippen LogP contribution >= 0.6 is 0 Å². The van der Waals surface area contributed by atoms with Gasteiger partial charge >= 0.3 is 0 Å². The zero-order valence-electron chi connectivity index (χ0n) is 20.1. The van der Waals surface area contributed by atoms with Crippen LogP contribution in [0.1, 0.15) is 57.5 Å². The molecule has 2 atom stereocenters. The fourth-order valence-corrected chi connectivity index (χ4v) is 5.43. The summed E-state index contributed by atoms with van der Waals surface area (Å²) in [7, 11) is 0. The lowest BCUT2D eigenvalue weighted by atomic mass is 10.0. The van der Waals surface area contributed by atoms with Crippen LogP contribution in [0.25, 0.3) is 0 Å². The van der Waals surface area contributed by atoms with Gasteiger partial charge in [0, 0.05) is 48.2 Å². The van der Waals surface area contributed by atoms with E-state index in [1.807, 2.05) is 0 Å². The Morgan fingerprint density at radius 2 is 1.05 bits per heavy atom. The number of benzene rings is 2. The first-order valence-electron chi connectivity index (χ1n) is 12.3. The highest BCUT2D eigenvalue weighted by molar-refractivity contribution is 6.07. The normalized spacial score (nSPS) is 23.2. The third kappa shape index (κ3) is 3.85. The van der Waals surface area contributed by atoms with Gasteiger partial charge < -0.3 is 9.80 Å². The number of piperidine rings is 2. The summed E-state index contributed by atoms with van der Waals surface area (Å²) >= 11 is 0. The first-order valence-corrected chi connectivity index (χ1v) is 12.3. The Balaban J connectivity index is 1.25. The van der Waals surface area contributed by atoms with Crippen molar-refractivity contribution in [2.45, 2.75) is 50.9 Å². The van der Waals surface area contributed by atoms with E-state index in [0.29, 0.717) is 33.6 Å². The van der Waals surface area contributed by atoms with E-state index < -0.39 is 23.9 Å². The minimum Gasteiger partial charge on any atom is -0.322 e. The largest absolute Gasteiger partial charge is 0.322 e. The summed E-state index contributed by atoms with van der Waals surface area (Å²) in [6.07, 6.45) is 0.845. The lowest BCUT2D eigenvalue weighted by molar-refractivity contribution is -0.138. The number of nitrogens with one attached hydrogen (secondary N) is 2. The Hall–Kier alpha value is -4.74. The Bertz CT molecular complexity index is 1370. The number of carbonyl (C=O) groups is 6. The molecule has 0 radical (unpaired) electrons. The fourth-order valence-electron chi connectivity index (χ4n) is 5.43. The van der Waals surface area contributed by atoms with Gasteiger partial charge in [0.2, 0.25) is 23.6 Å². The Morgan fingerprint density at radius 3 is 1.45 bits per heavy atom. The van der Waals surface area contributed by atoms with Crippen LogP contribution in [0.5, 0.6) is 0 Å². The van der Waals surface area contributed by atoms with Gasteiger partial charge in [-0.3, -0.25) is 39.4 Å². The van der Waals surface area contributed by atoms with Crippen LogP contribution in [0.2, 0.25) is 0 Å². The summed E-state index contributed by atoms with van der Waals surface area (Å²) in [4.78, 5) is 76.8. The molecule has 192 valence electrons. The molecule has 2 aromatic rings. The van der Waals surface area contributed by atoms with Crippen molar-refractivity contribution in [3.63, 3.8) is 0 Å². The standard InChI is InChI=1S/C26H22N6O6/c33-21-9-7-19(23(35)27-21)31-11-15-13(25(31)37)3-1-5-17(15)29-30-18-6-2-4-14-16(18)12-32(26(14)38)20-8-10-22(34)28-24(20)36/h1-6,19-20H,7-12H2,(H,27,33,35)(H,28,34,36). The smallest absolute Gasteiger partial charge is 0.255 e. The summed E-state index contributed by atoms with van der Waals surface area (Å²) in [6.45, 7) is 0.314. The van der Waals surface area contributed by atoms with Crippen LogP contribution in [0, 0.1) is 0 Å². The zero-order valence-corrected chi connectivity index (χ0v) is 20.1. The third-order valence-electron chi connectivity index (χ3n) is 7.38. The summed E-state index contributed by atoms with van der Waals surface area (Å²) in [5.41, 5.74) is 3.00. The SMILES string of the molecule is O=C1CCC(N2Cc3c(N=Nc4cccc5c4CN(C4CCC(=O)NC4=O)C5=O)cccc3C2=O)C(=O)N1. The molecule has 12 heteroatoms. The maximum Gasteiger partial charge on any atom is 0.255 e. The number of carbonyl (C=O) groups excluding carboxylic acids is 6. The van der Waals surface area contributed by atoms with Gasteiger partial charge in [0.1, 0.15) is 12.1 Å². The molecule has 0 spiro atoms. The third-order valence-corrected chi connectivity index (χ3v) is 7.38. The summed E-state index contributed by atoms with van der Waals surface area (Å²) in [6, 6.07) is 8.66. The van der Waals surface area contributed by atoms with Gasteiger partial charge in [0.05, 0.1) is 11.4 Å². The van der Waals surface area contributed by atoms with Crippen molar-refractivity contribution in [2.24, 2.45) is 10.2 Å². The summed E-state index contributed by atoms with van der Waals surface area (Å²) < 4.78 is 0. The summed E-state index contributed by atoms with van der Waals surface area (Å²) in [5, 5.41) is 13.4. The number of imide groups is 2. The van der Waals surface area contributed by atoms with Crippen LogP contribution in [0.15, 0.2) is 46.6 Å². The van der Waals surface area contributed by atoms with Crippen molar-refractivity contribution in [1.82, 2.24) is 20.4 Å². The lowest BCUT2D eigenvalue weighted by Crippen LogP contribution is -2.52. The van der Waals surface area contributed by atoms with E-state index >= 15 is 0 Å². The number of nitrogens with zero attached hydrogens (tertiary/aromatic N) is 4. The van der Waals surface area contributed by atoms with Crippen molar-refractivity contribution < 1.29 is 28.8 Å². The van der Waals surface area contributed by atoms with Gasteiger partial charge in [-0.2, -0.15) is 10.2 Å². The molecule has 0 aliphatic carbocycles. The molecule has 38 heavy (non-hydrogen) atoms. The molecule has 4 aliphatic heterocycles. The molecule has 2 unspecified atom stereocenters. The molecule has 0 bridgehead atoms. The molecule has 2 N–H and O–H groups in total. The number of fused-ring (bicyclic) bond motifs is 2. The second kappa shape index (κ2) is 8.98. The molecule has 6 rings (SSSR count). The highest BCUT2D eigenvalue weighted by Crippen LogP contribution is 2.37. The van der Waals surface area contributed by atoms with Crippen LogP contribution in [-0.4, -0.2) is 57.3 Å². The van der Waals surface area contributed by atoms with E-state index in [0.717, 1.165) is 0 Å². The van der Waals surface area contributed by atoms with E-state index in [-0.39, 0.29) is 62.4 Å². The van der Waals surface area contributed by atoms with Gasteiger partial charge in [-0.1, -0.05) is 12.1 Å². The van der Waals surface area contributed by atoms with E-state index in [2.05, 4.69) is 20.9 Å². The van der Waals surface area contributed by atoms with Crippen molar-refractivity contribution >= 4 is 46.8 Å². The van der Waals surface area contributed by atoms with Crippen molar-refractivity contribution in [3.05, 3.63) is 58.7 Å². The molecule has 2 aromatic carbocycles. The fraction of sp³-hybridized carbons (Fsp3) is 0.308. The van der Waals surface area contributed by atoms with Gasteiger partial charge in [-0.15, -0.1) is 0 Å². The molecule has 4 heterocycles. The van der Waals surface area contributed by atoms with Crippen molar-refractivity contribution in [2.75, 3.05) is 0 Å². The Labute approximate surface area is 216 Å². The van der Waals surface area contributed by atoms with Crippen LogP contribution in [0.3, 0.4) is 0 Å². The molecule has 2 saturated heterocycles. The van der Waals surface area contributed by atoms with Gasteiger partial charge in [0.15, 0.2) is 0 Å². The van der Waals surface area contributed by atoms with Gasteiger partial charge in [0.25, 0.3) is 11.8 Å². The number of azo groups is 1. The highest BCUT2D eigenvalue weighted by atomic mass is 16.2. The monoisotopic (exact) mass is 514 g/mol.